The molecule has 2 aromatic heterocycles. The first kappa shape index (κ1) is 21.0. The molecular formula is C21H28N4O4S. The molecular weight excluding hydrogens is 404 g/mol. The molecule has 9 heteroatoms. The summed E-state index contributed by atoms with van der Waals surface area (Å²) < 4.78 is 11.7. The summed E-state index contributed by atoms with van der Waals surface area (Å²) in [6.45, 7) is 6.83. The van der Waals surface area contributed by atoms with Crippen molar-refractivity contribution in [3.8, 4) is 0 Å². The minimum absolute atomic E-state index is 0.0180. The van der Waals surface area contributed by atoms with E-state index in [1.165, 1.54) is 11.5 Å². The van der Waals surface area contributed by atoms with Crippen LogP contribution in [-0.4, -0.2) is 50.9 Å². The fraction of sp³-hybridized carbons (Fsp3) is 0.619. The van der Waals surface area contributed by atoms with Crippen molar-refractivity contribution < 1.29 is 19.4 Å². The van der Waals surface area contributed by atoms with Gasteiger partial charge in [-0.05, 0) is 61.9 Å². The summed E-state index contributed by atoms with van der Waals surface area (Å²) in [6, 6.07) is 0. The summed E-state index contributed by atoms with van der Waals surface area (Å²) >= 11 is 1.18. The van der Waals surface area contributed by atoms with Gasteiger partial charge in [-0.1, -0.05) is 6.92 Å². The maximum atomic E-state index is 12.9. The van der Waals surface area contributed by atoms with Crippen LogP contribution in [-0.2, 0) is 30.5 Å². The number of aromatic nitrogens is 3. The Hall–Kier alpha value is -2.26. The van der Waals surface area contributed by atoms with E-state index in [1.54, 1.807) is 5.38 Å². The summed E-state index contributed by atoms with van der Waals surface area (Å²) in [5.41, 5.74) is 3.61. The number of aryl methyl sites for hydroxylation is 1. The number of amides is 1. The number of fused-ring (bicyclic) bond motifs is 1. The lowest BCUT2D eigenvalue weighted by Gasteiger charge is -2.36. The highest BCUT2D eigenvalue weighted by Crippen LogP contribution is 2.38. The first-order valence-corrected chi connectivity index (χ1v) is 11.4. The highest BCUT2D eigenvalue weighted by Gasteiger charge is 2.39. The third-order valence-electron chi connectivity index (χ3n) is 6.34. The van der Waals surface area contributed by atoms with Crippen molar-refractivity contribution in [2.45, 2.75) is 52.5 Å². The van der Waals surface area contributed by atoms with Crippen LogP contribution >= 0.6 is 11.5 Å². The Morgan fingerprint density at radius 2 is 2.10 bits per heavy atom. The number of carbonyl (C=O) groups excluding carboxylic acids is 1. The van der Waals surface area contributed by atoms with Gasteiger partial charge in [0.25, 0.3) is 5.91 Å². The van der Waals surface area contributed by atoms with Crippen LogP contribution < -0.4 is 5.32 Å². The monoisotopic (exact) mass is 432 g/mol. The van der Waals surface area contributed by atoms with Gasteiger partial charge in [-0.3, -0.25) is 9.48 Å². The Bertz CT molecular complexity index is 945. The van der Waals surface area contributed by atoms with E-state index in [2.05, 4.69) is 16.6 Å². The molecule has 0 aliphatic carbocycles. The molecule has 1 spiro atoms. The summed E-state index contributed by atoms with van der Waals surface area (Å²) in [7, 11) is 0. The van der Waals surface area contributed by atoms with E-state index in [0.717, 1.165) is 43.7 Å². The van der Waals surface area contributed by atoms with Gasteiger partial charge in [-0.15, -0.1) is 0 Å². The lowest BCUT2D eigenvalue weighted by Crippen LogP contribution is -2.40. The van der Waals surface area contributed by atoms with Crippen LogP contribution in [0.5, 0.6) is 0 Å². The smallest absolute Gasteiger partial charge is 0.338 e. The second-order valence-corrected chi connectivity index (χ2v) is 9.18. The van der Waals surface area contributed by atoms with Gasteiger partial charge in [0.15, 0.2) is 0 Å². The molecule has 0 unspecified atom stereocenters. The zero-order valence-electron chi connectivity index (χ0n) is 17.4. The zero-order chi connectivity index (χ0) is 21.3. The van der Waals surface area contributed by atoms with Gasteiger partial charge in [0.1, 0.15) is 5.69 Å². The number of carbonyl (C=O) groups is 2. The van der Waals surface area contributed by atoms with Crippen LogP contribution in [0, 0.1) is 11.3 Å². The topological polar surface area (TPSA) is 106 Å². The van der Waals surface area contributed by atoms with Crippen molar-refractivity contribution in [1.29, 1.82) is 0 Å². The van der Waals surface area contributed by atoms with E-state index in [0.29, 0.717) is 37.3 Å². The average molecular weight is 433 g/mol. The van der Waals surface area contributed by atoms with Crippen LogP contribution in [0.3, 0.4) is 0 Å². The third kappa shape index (κ3) is 4.00. The average Bonchev–Trinajstić information content (AvgIpc) is 3.28. The molecule has 0 aromatic carbocycles. The second kappa shape index (κ2) is 8.47. The zero-order valence-corrected chi connectivity index (χ0v) is 18.3. The van der Waals surface area contributed by atoms with Crippen LogP contribution in [0.15, 0.2) is 5.38 Å². The van der Waals surface area contributed by atoms with Gasteiger partial charge in [0.05, 0.1) is 17.0 Å². The molecule has 2 aliphatic heterocycles. The van der Waals surface area contributed by atoms with Crippen LogP contribution in [0.4, 0.5) is 0 Å². The molecule has 0 saturated carbocycles. The van der Waals surface area contributed by atoms with Gasteiger partial charge in [-0.2, -0.15) is 9.47 Å². The molecule has 1 atom stereocenters. The molecule has 8 nitrogen and oxygen atoms in total. The molecule has 1 saturated heterocycles. The predicted molar refractivity (Wildman–Crippen MR) is 112 cm³/mol. The van der Waals surface area contributed by atoms with Gasteiger partial charge < -0.3 is 15.2 Å². The number of hydrogen-bond acceptors (Lipinski definition) is 6. The highest BCUT2D eigenvalue weighted by molar-refractivity contribution is 7.03. The standard InChI is InChI=1S/C21H28N4O4S/c1-3-25-18-14(10-21(12-22-19(18)26)4-6-29-7-5-21)16(23-25)8-13(2)9-17-15(20(27)28)11-30-24-17/h11,13H,3-10,12H2,1-2H3,(H,22,26)(H,27,28)/t13-/m1/s1. The van der Waals surface area contributed by atoms with Crippen molar-refractivity contribution in [3.05, 3.63) is 33.6 Å². The van der Waals surface area contributed by atoms with E-state index in [9.17, 15) is 14.7 Å². The van der Waals surface area contributed by atoms with Crippen LogP contribution in [0.1, 0.15) is 64.5 Å². The van der Waals surface area contributed by atoms with E-state index in [4.69, 9.17) is 9.84 Å². The maximum Gasteiger partial charge on any atom is 0.338 e. The second-order valence-electron chi connectivity index (χ2n) is 8.55. The molecule has 162 valence electrons. The lowest BCUT2D eigenvalue weighted by atomic mass is 9.75. The maximum absolute atomic E-state index is 12.9. The number of hydrogen-bond donors (Lipinski definition) is 2. The molecule has 1 fully saturated rings. The normalized spacial score (nSPS) is 19.2. The molecule has 4 rings (SSSR count). The Balaban J connectivity index is 1.61. The first-order valence-electron chi connectivity index (χ1n) is 10.5. The molecule has 2 aromatic rings. The number of ether oxygens (including phenoxy) is 1. The minimum Gasteiger partial charge on any atom is -0.478 e. The Kier molecular flexibility index (Phi) is 5.92. The number of carboxylic acids is 1. The van der Waals surface area contributed by atoms with Crippen molar-refractivity contribution in [2.75, 3.05) is 19.8 Å². The Labute approximate surface area is 179 Å². The third-order valence-corrected chi connectivity index (χ3v) is 7.00. The molecule has 1 amide bonds. The van der Waals surface area contributed by atoms with E-state index >= 15 is 0 Å². The molecule has 0 radical (unpaired) electrons. The summed E-state index contributed by atoms with van der Waals surface area (Å²) in [6.07, 6.45) is 3.94. The van der Waals surface area contributed by atoms with E-state index in [1.807, 2.05) is 11.6 Å². The van der Waals surface area contributed by atoms with Crippen molar-refractivity contribution >= 4 is 23.4 Å². The molecule has 2 N–H and O–H groups in total. The summed E-state index contributed by atoms with van der Waals surface area (Å²) in [5, 5.41) is 18.9. The Morgan fingerprint density at radius 3 is 2.80 bits per heavy atom. The predicted octanol–water partition coefficient (Wildman–Crippen LogP) is 2.56. The van der Waals surface area contributed by atoms with Crippen LogP contribution in [0.25, 0.3) is 0 Å². The number of carboxylic acid groups (broad SMARTS) is 1. The largest absolute Gasteiger partial charge is 0.478 e. The van der Waals surface area contributed by atoms with Crippen molar-refractivity contribution in [2.24, 2.45) is 11.3 Å². The fourth-order valence-electron chi connectivity index (χ4n) is 4.64. The number of nitrogens with zero attached hydrogens (tertiary/aromatic N) is 3. The summed E-state index contributed by atoms with van der Waals surface area (Å²) in [4.78, 5) is 24.3. The lowest BCUT2D eigenvalue weighted by molar-refractivity contribution is 0.0160. The van der Waals surface area contributed by atoms with E-state index in [-0.39, 0.29) is 22.8 Å². The number of nitrogens with one attached hydrogen (secondary N) is 1. The number of rotatable bonds is 6. The molecule has 4 heterocycles. The van der Waals surface area contributed by atoms with Crippen molar-refractivity contribution in [1.82, 2.24) is 19.5 Å². The van der Waals surface area contributed by atoms with Crippen LogP contribution in [0.2, 0.25) is 0 Å². The molecule has 0 bridgehead atoms. The summed E-state index contributed by atoms with van der Waals surface area (Å²) in [5.74, 6) is -0.825. The first-order chi connectivity index (χ1) is 14.4. The van der Waals surface area contributed by atoms with Gasteiger partial charge >= 0.3 is 5.97 Å². The fourth-order valence-corrected chi connectivity index (χ4v) is 5.34. The SMILES string of the molecule is CCn1nc(C[C@@H](C)Cc2nscc2C(=O)O)c2c1C(=O)NCC1(CCOCC1)C2. The van der Waals surface area contributed by atoms with E-state index < -0.39 is 5.97 Å². The number of aromatic carboxylic acids is 1. The van der Waals surface area contributed by atoms with Gasteiger partial charge in [0, 0.05) is 37.2 Å². The Morgan fingerprint density at radius 1 is 1.37 bits per heavy atom. The van der Waals surface area contributed by atoms with Gasteiger partial charge in [0.2, 0.25) is 0 Å². The van der Waals surface area contributed by atoms with Crippen molar-refractivity contribution in [3.63, 3.8) is 0 Å². The highest BCUT2D eigenvalue weighted by atomic mass is 32.1. The quantitative estimate of drug-likeness (QED) is 0.727. The molecule has 2 aliphatic rings. The molecule has 30 heavy (non-hydrogen) atoms. The minimum atomic E-state index is -0.937. The van der Waals surface area contributed by atoms with Gasteiger partial charge in [-0.25, -0.2) is 4.79 Å².